The number of anilines is 1. The molecule has 0 saturated heterocycles. The molecule has 2 atom stereocenters. The summed E-state index contributed by atoms with van der Waals surface area (Å²) in [6.07, 6.45) is 0.724. The maximum atomic E-state index is 11.9. The Morgan fingerprint density at radius 2 is 1.92 bits per heavy atom. The number of halogens is 3. The van der Waals surface area contributed by atoms with Gasteiger partial charge in [0.2, 0.25) is 0 Å². The topological polar surface area (TPSA) is 32.7 Å². The first-order chi connectivity index (χ1) is 11.5. The quantitative estimate of drug-likeness (QED) is 0.363. The van der Waals surface area contributed by atoms with E-state index in [0.29, 0.717) is 21.4 Å². The summed E-state index contributed by atoms with van der Waals surface area (Å²) in [4.78, 5) is 11.9. The first-order valence-electron chi connectivity index (χ1n) is 7.51. The molecule has 0 spiro atoms. The van der Waals surface area contributed by atoms with Crippen molar-refractivity contribution in [2.45, 2.75) is 19.4 Å². The van der Waals surface area contributed by atoms with Crippen LogP contribution in [0.2, 0.25) is 10.0 Å². The molecule has 1 aliphatic rings. The van der Waals surface area contributed by atoms with Gasteiger partial charge < -0.3 is 0 Å². The Kier molecular flexibility index (Phi) is 7.10. The molecule has 3 nitrogen and oxygen atoms in total. The van der Waals surface area contributed by atoms with Crippen LogP contribution in [0.5, 0.6) is 0 Å². The summed E-state index contributed by atoms with van der Waals surface area (Å²) >= 11 is 18.1. The minimum atomic E-state index is -0.540. The van der Waals surface area contributed by atoms with E-state index in [-0.39, 0.29) is 33.0 Å². The Hall–Kier alpha value is -0.862. The fourth-order valence-corrected chi connectivity index (χ4v) is 3.69. The van der Waals surface area contributed by atoms with Crippen molar-refractivity contribution in [2.75, 3.05) is 5.01 Å². The molecule has 0 aliphatic carbocycles. The molecule has 25 heavy (non-hydrogen) atoms. The van der Waals surface area contributed by atoms with Gasteiger partial charge in [0.25, 0.3) is 5.24 Å². The summed E-state index contributed by atoms with van der Waals surface area (Å²) < 4.78 is 0. The van der Waals surface area contributed by atoms with E-state index in [2.05, 4.69) is 11.2 Å². The van der Waals surface area contributed by atoms with Crippen molar-refractivity contribution in [3.8, 4) is 0 Å². The summed E-state index contributed by atoms with van der Waals surface area (Å²) in [6, 6.07) is 15.6. The minimum Gasteiger partial charge on any atom is -0.274 e. The molecule has 7 heteroatoms. The second kappa shape index (κ2) is 8.68. The molecule has 3 rings (SSSR count). The number of carbonyl (C=O) groups excluding carboxylic acids is 1. The third-order valence-corrected chi connectivity index (χ3v) is 4.83. The third-order valence-electron chi connectivity index (χ3n) is 4.09. The van der Waals surface area contributed by atoms with Gasteiger partial charge in [-0.1, -0.05) is 30.1 Å². The van der Waals surface area contributed by atoms with Crippen LogP contribution < -0.4 is 5.01 Å². The summed E-state index contributed by atoms with van der Waals surface area (Å²) in [6.45, 7) is 2.01. The number of benzene rings is 2. The van der Waals surface area contributed by atoms with E-state index in [1.165, 1.54) is 0 Å². The van der Waals surface area contributed by atoms with E-state index < -0.39 is 5.24 Å². The van der Waals surface area contributed by atoms with Crippen molar-refractivity contribution >= 4 is 51.4 Å². The normalized spacial score (nSPS) is 19.4. The van der Waals surface area contributed by atoms with E-state index in [4.69, 9.17) is 34.8 Å². The largest absolute Gasteiger partial charge is 0.274 e. The Labute approximate surface area is 176 Å². The first kappa shape index (κ1) is 20.5. The van der Waals surface area contributed by atoms with Gasteiger partial charge in [-0.3, -0.25) is 9.80 Å². The van der Waals surface area contributed by atoms with Crippen LogP contribution in [0, 0.1) is 12.0 Å². The van der Waals surface area contributed by atoms with Gasteiger partial charge in [-0.25, -0.2) is 0 Å². The van der Waals surface area contributed by atoms with Crippen LogP contribution >= 0.6 is 34.8 Å². The fourth-order valence-electron chi connectivity index (χ4n) is 3.02. The van der Waals surface area contributed by atoms with E-state index >= 15 is 0 Å². The second-order valence-corrected chi connectivity index (χ2v) is 6.68. The van der Waals surface area contributed by atoms with E-state index in [9.17, 15) is 4.79 Å². The molecule has 130 valence electrons. The van der Waals surface area contributed by atoms with Crippen molar-refractivity contribution in [1.29, 1.82) is 0 Å². The smallest absolute Gasteiger partial charge is 0.268 e. The number of hydrazone groups is 1. The molecule has 2 unspecified atom stereocenters. The van der Waals surface area contributed by atoms with Crippen molar-refractivity contribution in [1.82, 2.24) is 0 Å². The molecule has 2 aromatic carbocycles. The van der Waals surface area contributed by atoms with Gasteiger partial charge >= 0.3 is 0 Å². The Bertz CT molecular complexity index is 798. The molecule has 0 aromatic heterocycles. The van der Waals surface area contributed by atoms with E-state index in [1.54, 1.807) is 23.2 Å². The van der Waals surface area contributed by atoms with E-state index in [1.807, 2.05) is 31.2 Å². The zero-order chi connectivity index (χ0) is 17.3. The summed E-state index contributed by atoms with van der Waals surface area (Å²) in [5, 5.41) is 6.72. The third kappa shape index (κ3) is 4.11. The first-order valence-corrected chi connectivity index (χ1v) is 8.65. The molecule has 0 amide bonds. The van der Waals surface area contributed by atoms with Crippen LogP contribution in [0.4, 0.5) is 5.69 Å². The van der Waals surface area contributed by atoms with Gasteiger partial charge in [0.15, 0.2) is 0 Å². The van der Waals surface area contributed by atoms with Gasteiger partial charge in [0.05, 0.1) is 16.8 Å². The fraction of sp³-hybridized carbons (Fsp3) is 0.222. The predicted molar refractivity (Wildman–Crippen MR) is 99.0 cm³/mol. The number of hydrogen-bond donors (Lipinski definition) is 0. The van der Waals surface area contributed by atoms with Gasteiger partial charge in [-0.15, -0.1) is 5.56 Å². The standard InChI is InChI=1S/C18H14Cl3N2O.W/c1-2-13-16(18(21)24)22-23(15-9-8-12(19)10-14(15)20)17(13)11-6-4-3-5-7-11;/h4-10,13,17H,2H2,1H3;/q-1;. The molecule has 0 bridgehead atoms. The monoisotopic (exact) mass is 563 g/mol. The molecule has 0 radical (unpaired) electrons. The number of nitrogens with zero attached hydrogens (tertiary/aromatic N) is 2. The molecule has 1 heterocycles. The molecule has 0 saturated carbocycles. The predicted octanol–water partition coefficient (Wildman–Crippen LogP) is 5.50. The molecular formula is C18H14Cl3N2OW-. The van der Waals surface area contributed by atoms with Crippen LogP contribution in [0.25, 0.3) is 0 Å². The summed E-state index contributed by atoms with van der Waals surface area (Å²) in [7, 11) is 0. The van der Waals surface area contributed by atoms with Gasteiger partial charge in [0, 0.05) is 32.0 Å². The van der Waals surface area contributed by atoms with Crippen LogP contribution in [0.1, 0.15) is 24.9 Å². The maximum Gasteiger partial charge on any atom is 0.268 e. The zero-order valence-electron chi connectivity index (χ0n) is 13.2. The summed E-state index contributed by atoms with van der Waals surface area (Å²) in [5.74, 6) is -0.121. The van der Waals surface area contributed by atoms with Crippen LogP contribution in [-0.2, 0) is 25.9 Å². The van der Waals surface area contributed by atoms with Crippen molar-refractivity contribution < 1.29 is 25.9 Å². The van der Waals surface area contributed by atoms with Crippen LogP contribution in [0.15, 0.2) is 47.6 Å². The molecule has 1 aliphatic heterocycles. The van der Waals surface area contributed by atoms with Gasteiger partial charge in [-0.2, -0.15) is 35.4 Å². The maximum absolute atomic E-state index is 11.9. The SMILES string of the molecule is CCC1C(C(=O)Cl)=NN(c2ccc(Cl)cc2Cl)C1c1cc[c-]cc1.[W]. The Balaban J connectivity index is 0.00000225. The zero-order valence-corrected chi connectivity index (χ0v) is 18.4. The van der Waals surface area contributed by atoms with Crippen LogP contribution in [-0.4, -0.2) is 11.0 Å². The molecule has 0 fully saturated rings. The Morgan fingerprint density at radius 3 is 2.48 bits per heavy atom. The van der Waals surface area contributed by atoms with Crippen molar-refractivity contribution in [3.63, 3.8) is 0 Å². The molecule has 2 aromatic rings. The Morgan fingerprint density at radius 1 is 1.24 bits per heavy atom. The molecular weight excluding hydrogens is 550 g/mol. The summed E-state index contributed by atoms with van der Waals surface area (Å²) in [5.41, 5.74) is 2.05. The van der Waals surface area contributed by atoms with Gasteiger partial charge in [0.1, 0.15) is 5.71 Å². The second-order valence-electron chi connectivity index (χ2n) is 5.49. The minimum absolute atomic E-state index is 0. The number of carbonyl (C=O) groups is 1. The van der Waals surface area contributed by atoms with Crippen molar-refractivity contribution in [2.24, 2.45) is 11.0 Å². The average Bonchev–Trinajstić information content (AvgIpc) is 2.95. The van der Waals surface area contributed by atoms with Crippen molar-refractivity contribution in [3.05, 3.63) is 64.1 Å². The number of rotatable bonds is 4. The van der Waals surface area contributed by atoms with Crippen LogP contribution in [0.3, 0.4) is 0 Å². The number of hydrogen-bond acceptors (Lipinski definition) is 3. The molecule has 0 N–H and O–H groups in total. The van der Waals surface area contributed by atoms with E-state index in [0.717, 1.165) is 12.0 Å². The van der Waals surface area contributed by atoms with Gasteiger partial charge in [-0.05, 0) is 36.2 Å². The average molecular weight is 565 g/mol.